The molecule has 0 spiro atoms. The fraction of sp³-hybridized carbons (Fsp3) is 0.250. The molecule has 0 saturated carbocycles. The summed E-state index contributed by atoms with van der Waals surface area (Å²) in [5.74, 6) is 0.854. The maximum absolute atomic E-state index is 11.2. The first-order chi connectivity index (χ1) is 7.13. The van der Waals surface area contributed by atoms with E-state index in [9.17, 15) is 4.79 Å². The quantitative estimate of drug-likeness (QED) is 0.771. The molecule has 1 N–H and O–H groups in total. The molecule has 1 heterocycles. The van der Waals surface area contributed by atoms with Gasteiger partial charge in [0.25, 0.3) is 0 Å². The van der Waals surface area contributed by atoms with Gasteiger partial charge in [0.2, 0.25) is 5.56 Å². The number of nitrogens with one attached hydrogen (secondary N) is 1. The number of fused-ring (bicyclic) bond motifs is 1. The van der Waals surface area contributed by atoms with Gasteiger partial charge in [-0.1, -0.05) is 0 Å². The molecule has 15 heavy (non-hydrogen) atoms. The van der Waals surface area contributed by atoms with E-state index in [1.165, 1.54) is 6.07 Å². The van der Waals surface area contributed by atoms with Gasteiger partial charge in [-0.2, -0.15) is 0 Å². The fourth-order valence-corrected chi connectivity index (χ4v) is 1.82. The van der Waals surface area contributed by atoms with Crippen LogP contribution in [0.25, 0.3) is 10.9 Å². The van der Waals surface area contributed by atoms with Crippen molar-refractivity contribution < 1.29 is 4.74 Å². The first kappa shape index (κ1) is 9.77. The molecular formula is C12H13NO2. The molecule has 0 fully saturated rings. The molecule has 0 unspecified atom stereocenters. The molecule has 1 aromatic heterocycles. The Morgan fingerprint density at radius 2 is 2.00 bits per heavy atom. The van der Waals surface area contributed by atoms with Crippen LogP contribution < -0.4 is 10.3 Å². The lowest BCUT2D eigenvalue weighted by Gasteiger charge is -2.10. The van der Waals surface area contributed by atoms with Crippen molar-refractivity contribution >= 4 is 10.9 Å². The SMILES string of the molecule is COc1cc(C)c2[nH]c(=O)ccc2c1C. The molecule has 2 aromatic rings. The number of ether oxygens (including phenoxy) is 1. The van der Waals surface area contributed by atoms with E-state index in [-0.39, 0.29) is 5.56 Å². The van der Waals surface area contributed by atoms with E-state index in [2.05, 4.69) is 4.98 Å². The topological polar surface area (TPSA) is 42.1 Å². The minimum absolute atomic E-state index is 0.0739. The van der Waals surface area contributed by atoms with Crippen LogP contribution in [-0.4, -0.2) is 12.1 Å². The van der Waals surface area contributed by atoms with E-state index < -0.39 is 0 Å². The molecule has 2 rings (SSSR count). The molecule has 78 valence electrons. The highest BCUT2D eigenvalue weighted by Gasteiger charge is 2.07. The molecule has 0 saturated heterocycles. The van der Waals surface area contributed by atoms with Crippen molar-refractivity contribution in [1.29, 1.82) is 0 Å². The molecule has 0 radical (unpaired) electrons. The van der Waals surface area contributed by atoms with Gasteiger partial charge in [0.05, 0.1) is 12.6 Å². The second-order valence-corrected chi connectivity index (χ2v) is 3.63. The largest absolute Gasteiger partial charge is 0.496 e. The molecule has 0 atom stereocenters. The third-order valence-electron chi connectivity index (χ3n) is 2.65. The highest BCUT2D eigenvalue weighted by Crippen LogP contribution is 2.27. The maximum atomic E-state index is 11.2. The van der Waals surface area contributed by atoms with Gasteiger partial charge in [0.15, 0.2) is 0 Å². The third kappa shape index (κ3) is 1.50. The molecule has 3 heteroatoms. The zero-order chi connectivity index (χ0) is 11.0. The van der Waals surface area contributed by atoms with Crippen LogP contribution in [-0.2, 0) is 0 Å². The van der Waals surface area contributed by atoms with E-state index in [1.54, 1.807) is 7.11 Å². The highest BCUT2D eigenvalue weighted by molar-refractivity contribution is 5.86. The van der Waals surface area contributed by atoms with E-state index in [0.29, 0.717) is 0 Å². The molecule has 3 nitrogen and oxygen atoms in total. The first-order valence-corrected chi connectivity index (χ1v) is 4.80. The number of aromatic amines is 1. The summed E-state index contributed by atoms with van der Waals surface area (Å²) in [5, 5.41) is 1.03. The lowest BCUT2D eigenvalue weighted by Crippen LogP contribution is -2.04. The van der Waals surface area contributed by atoms with Gasteiger partial charge >= 0.3 is 0 Å². The standard InChI is InChI=1S/C12H13NO2/c1-7-6-10(15-3)8(2)9-4-5-11(14)13-12(7)9/h4-6H,1-3H3,(H,13,14). The van der Waals surface area contributed by atoms with E-state index in [1.807, 2.05) is 26.0 Å². The van der Waals surface area contributed by atoms with E-state index in [4.69, 9.17) is 4.74 Å². The van der Waals surface area contributed by atoms with Crippen molar-refractivity contribution in [3.8, 4) is 5.75 Å². The van der Waals surface area contributed by atoms with Gasteiger partial charge in [-0.15, -0.1) is 0 Å². The molecule has 0 aliphatic heterocycles. The van der Waals surface area contributed by atoms with Crippen molar-refractivity contribution in [2.45, 2.75) is 13.8 Å². The van der Waals surface area contributed by atoms with Gasteiger partial charge in [-0.25, -0.2) is 0 Å². The predicted molar refractivity (Wildman–Crippen MR) is 60.6 cm³/mol. The predicted octanol–water partition coefficient (Wildman–Crippen LogP) is 2.15. The lowest BCUT2D eigenvalue weighted by molar-refractivity contribution is 0.412. The van der Waals surface area contributed by atoms with Crippen LogP contribution in [0.5, 0.6) is 5.75 Å². The normalized spacial score (nSPS) is 10.6. The summed E-state index contributed by atoms with van der Waals surface area (Å²) in [7, 11) is 1.65. The Morgan fingerprint density at radius 1 is 1.27 bits per heavy atom. The Bertz CT molecular complexity index is 570. The van der Waals surface area contributed by atoms with Crippen molar-refractivity contribution in [2.75, 3.05) is 7.11 Å². The van der Waals surface area contributed by atoms with Gasteiger partial charge in [-0.05, 0) is 31.5 Å². The summed E-state index contributed by atoms with van der Waals surface area (Å²) in [6.45, 7) is 3.94. The number of rotatable bonds is 1. The number of benzene rings is 1. The Balaban J connectivity index is 2.93. The van der Waals surface area contributed by atoms with Crippen LogP contribution in [0, 0.1) is 13.8 Å². The first-order valence-electron chi connectivity index (χ1n) is 4.80. The fourth-order valence-electron chi connectivity index (χ4n) is 1.82. The monoisotopic (exact) mass is 203 g/mol. The Hall–Kier alpha value is -1.77. The van der Waals surface area contributed by atoms with Crippen molar-refractivity contribution in [3.05, 3.63) is 39.7 Å². The van der Waals surface area contributed by atoms with Crippen LogP contribution in [0.4, 0.5) is 0 Å². The summed E-state index contributed by atoms with van der Waals surface area (Å²) >= 11 is 0. The average molecular weight is 203 g/mol. The molecule has 0 amide bonds. The van der Waals surface area contributed by atoms with E-state index in [0.717, 1.165) is 27.8 Å². The maximum Gasteiger partial charge on any atom is 0.248 e. The molecule has 0 aliphatic rings. The van der Waals surface area contributed by atoms with Gasteiger partial charge in [-0.3, -0.25) is 4.79 Å². The summed E-state index contributed by atoms with van der Waals surface area (Å²) in [4.78, 5) is 14.1. The number of hydrogen-bond donors (Lipinski definition) is 1. The van der Waals surface area contributed by atoms with Gasteiger partial charge in [0.1, 0.15) is 5.75 Å². The minimum atomic E-state index is -0.0739. The van der Waals surface area contributed by atoms with Gasteiger partial charge in [0, 0.05) is 17.0 Å². The zero-order valence-electron chi connectivity index (χ0n) is 9.05. The number of aryl methyl sites for hydroxylation is 2. The summed E-state index contributed by atoms with van der Waals surface area (Å²) < 4.78 is 5.27. The van der Waals surface area contributed by atoms with Crippen molar-refractivity contribution in [1.82, 2.24) is 4.98 Å². The minimum Gasteiger partial charge on any atom is -0.496 e. The van der Waals surface area contributed by atoms with Crippen molar-refractivity contribution in [3.63, 3.8) is 0 Å². The molecule has 0 aliphatic carbocycles. The molecule has 1 aromatic carbocycles. The molecule has 0 bridgehead atoms. The number of pyridine rings is 1. The second-order valence-electron chi connectivity index (χ2n) is 3.63. The van der Waals surface area contributed by atoms with Gasteiger partial charge < -0.3 is 9.72 Å². The highest BCUT2D eigenvalue weighted by atomic mass is 16.5. The number of hydrogen-bond acceptors (Lipinski definition) is 2. The Morgan fingerprint density at radius 3 is 2.67 bits per heavy atom. The van der Waals surface area contributed by atoms with Crippen LogP contribution in [0.2, 0.25) is 0 Å². The van der Waals surface area contributed by atoms with Crippen LogP contribution in [0.3, 0.4) is 0 Å². The van der Waals surface area contributed by atoms with Crippen LogP contribution in [0.1, 0.15) is 11.1 Å². The third-order valence-corrected chi connectivity index (χ3v) is 2.65. The summed E-state index contributed by atoms with van der Waals surface area (Å²) in [6, 6.07) is 5.31. The van der Waals surface area contributed by atoms with Crippen molar-refractivity contribution in [2.24, 2.45) is 0 Å². The van der Waals surface area contributed by atoms with E-state index >= 15 is 0 Å². The smallest absolute Gasteiger partial charge is 0.248 e. The average Bonchev–Trinajstić information content (AvgIpc) is 2.23. The number of aromatic nitrogens is 1. The Labute approximate surface area is 87.7 Å². The summed E-state index contributed by atoms with van der Waals surface area (Å²) in [6.07, 6.45) is 0. The number of H-pyrrole nitrogens is 1. The zero-order valence-corrected chi connectivity index (χ0v) is 9.05. The van der Waals surface area contributed by atoms with Crippen LogP contribution in [0.15, 0.2) is 23.0 Å². The second kappa shape index (κ2) is 3.42. The summed E-state index contributed by atoms with van der Waals surface area (Å²) in [5.41, 5.74) is 2.88. The lowest BCUT2D eigenvalue weighted by atomic mass is 10.0. The van der Waals surface area contributed by atoms with Crippen LogP contribution >= 0.6 is 0 Å². The number of methoxy groups -OCH3 is 1. The Kier molecular flexibility index (Phi) is 2.23. The molecular weight excluding hydrogens is 190 g/mol.